The molecule has 4 bridgehead atoms. The zero-order valence-electron chi connectivity index (χ0n) is 29.9. The van der Waals surface area contributed by atoms with Crippen molar-refractivity contribution in [1.82, 2.24) is 0 Å². The van der Waals surface area contributed by atoms with Gasteiger partial charge < -0.3 is 24.1 Å². The molecule has 256 valence electrons. The van der Waals surface area contributed by atoms with E-state index in [0.717, 1.165) is 12.0 Å². The van der Waals surface area contributed by atoms with Gasteiger partial charge in [-0.1, -0.05) is 42.4 Å². The number of carbonyl (C=O) groups excluding carboxylic acids is 3. The number of methoxy groups -OCH3 is 1. The predicted molar refractivity (Wildman–Crippen MR) is 183 cm³/mol. The molecular formula is C40H48O8. The fraction of sp³-hybridized carbons (Fsp3) is 0.525. The molecule has 1 aromatic rings. The van der Waals surface area contributed by atoms with Gasteiger partial charge in [0.15, 0.2) is 22.8 Å². The van der Waals surface area contributed by atoms with Crippen molar-refractivity contribution in [3.8, 4) is 17.2 Å². The van der Waals surface area contributed by atoms with Crippen molar-refractivity contribution >= 4 is 23.6 Å². The summed E-state index contributed by atoms with van der Waals surface area (Å²) in [5.74, 6) is -1.26. The van der Waals surface area contributed by atoms with Gasteiger partial charge in [0.1, 0.15) is 28.4 Å². The second kappa shape index (κ2) is 11.1. The molecule has 4 unspecified atom stereocenters. The Morgan fingerprint density at radius 2 is 1.69 bits per heavy atom. The maximum absolute atomic E-state index is 14.8. The summed E-state index contributed by atoms with van der Waals surface area (Å²) in [7, 11) is 1.31. The van der Waals surface area contributed by atoms with Crippen molar-refractivity contribution in [3.05, 3.63) is 69.4 Å². The third kappa shape index (κ3) is 4.62. The van der Waals surface area contributed by atoms with E-state index in [1.807, 2.05) is 59.8 Å². The van der Waals surface area contributed by atoms with Gasteiger partial charge in [0.05, 0.1) is 18.3 Å². The van der Waals surface area contributed by atoms with Crippen LogP contribution in [0.4, 0.5) is 0 Å². The highest BCUT2D eigenvalue weighted by molar-refractivity contribution is 6.20. The van der Waals surface area contributed by atoms with Crippen LogP contribution in [0.2, 0.25) is 0 Å². The van der Waals surface area contributed by atoms with E-state index in [1.165, 1.54) is 12.7 Å². The van der Waals surface area contributed by atoms with E-state index < -0.39 is 39.7 Å². The van der Waals surface area contributed by atoms with E-state index in [4.69, 9.17) is 18.9 Å². The summed E-state index contributed by atoms with van der Waals surface area (Å²) < 4.78 is 25.8. The highest BCUT2D eigenvalue weighted by Crippen LogP contribution is 2.74. The minimum Gasteiger partial charge on any atom is -0.506 e. The Balaban J connectivity index is 1.59. The largest absolute Gasteiger partial charge is 0.506 e. The molecule has 2 fully saturated rings. The number of ketones is 2. The molecule has 5 aliphatic rings. The molecule has 0 aromatic heterocycles. The molecule has 8 heteroatoms. The summed E-state index contributed by atoms with van der Waals surface area (Å²) in [5.41, 5.74) is -1.30. The number of benzene rings is 1. The molecule has 1 aromatic carbocycles. The number of hydrogen-bond acceptors (Lipinski definition) is 8. The van der Waals surface area contributed by atoms with E-state index in [2.05, 4.69) is 19.9 Å². The Bertz CT molecular complexity index is 1790. The van der Waals surface area contributed by atoms with Crippen LogP contribution < -0.4 is 9.47 Å². The van der Waals surface area contributed by atoms with Gasteiger partial charge in [0, 0.05) is 34.5 Å². The molecule has 1 N–H and O–H groups in total. The Labute approximate surface area is 283 Å². The first-order valence-electron chi connectivity index (χ1n) is 16.9. The Morgan fingerprint density at radius 1 is 1.00 bits per heavy atom. The molecule has 5 atom stereocenters. The maximum Gasteiger partial charge on any atom is 0.333 e. The summed E-state index contributed by atoms with van der Waals surface area (Å²) in [6.07, 6.45) is 13.8. The number of rotatable bonds is 8. The molecule has 3 aliphatic heterocycles. The van der Waals surface area contributed by atoms with Crippen LogP contribution in [-0.2, 0) is 25.5 Å². The van der Waals surface area contributed by atoms with Crippen molar-refractivity contribution < 1.29 is 38.4 Å². The van der Waals surface area contributed by atoms with Gasteiger partial charge >= 0.3 is 5.97 Å². The van der Waals surface area contributed by atoms with Crippen LogP contribution in [0.5, 0.6) is 17.2 Å². The van der Waals surface area contributed by atoms with Crippen molar-refractivity contribution in [3.63, 3.8) is 0 Å². The van der Waals surface area contributed by atoms with Crippen LogP contribution in [0, 0.1) is 11.3 Å². The van der Waals surface area contributed by atoms with Gasteiger partial charge in [0.25, 0.3) is 0 Å². The van der Waals surface area contributed by atoms with Crippen LogP contribution in [0.25, 0.3) is 6.08 Å². The third-order valence-electron chi connectivity index (χ3n) is 11.0. The van der Waals surface area contributed by atoms with Gasteiger partial charge in [-0.25, -0.2) is 4.79 Å². The molecule has 48 heavy (non-hydrogen) atoms. The topological polar surface area (TPSA) is 108 Å². The van der Waals surface area contributed by atoms with Gasteiger partial charge in [-0.3, -0.25) is 9.59 Å². The lowest BCUT2D eigenvalue weighted by atomic mass is 9.59. The number of ether oxygens (including phenoxy) is 4. The Kier molecular flexibility index (Phi) is 7.83. The average Bonchev–Trinajstić information content (AvgIpc) is 3.29. The van der Waals surface area contributed by atoms with Crippen LogP contribution in [0.1, 0.15) is 109 Å². The second-order valence-corrected chi connectivity index (χ2v) is 15.7. The maximum atomic E-state index is 14.8. The van der Waals surface area contributed by atoms with E-state index in [1.54, 1.807) is 19.1 Å². The molecule has 1 saturated carbocycles. The first-order chi connectivity index (χ1) is 22.4. The smallest absolute Gasteiger partial charge is 0.333 e. The molecule has 0 radical (unpaired) electrons. The number of aromatic hydroxyl groups is 1. The minimum absolute atomic E-state index is 0.00411. The highest BCUT2D eigenvalue weighted by atomic mass is 16.6. The van der Waals surface area contributed by atoms with Crippen molar-refractivity contribution in [2.75, 3.05) is 7.11 Å². The molecule has 2 aliphatic carbocycles. The lowest BCUT2D eigenvalue weighted by molar-refractivity contribution is -0.256. The van der Waals surface area contributed by atoms with E-state index in [9.17, 15) is 19.5 Å². The third-order valence-corrected chi connectivity index (χ3v) is 11.0. The number of fused-ring (bicyclic) bond motifs is 2. The fourth-order valence-electron chi connectivity index (χ4n) is 8.98. The van der Waals surface area contributed by atoms with Crippen molar-refractivity contribution in [2.45, 2.75) is 117 Å². The molecular weight excluding hydrogens is 608 g/mol. The summed E-state index contributed by atoms with van der Waals surface area (Å²) in [4.78, 5) is 41.9. The second-order valence-electron chi connectivity index (χ2n) is 15.7. The SMILES string of the molecule is COC(=O)/C(C)=C\CC12OC(C)(C)C[C@]3(C)C(C=C4C(=O)c5c(O)c6c(c(CC=C(C)C)c5OC413)OC(C)(CCC=C(C)C)C=C6)C2=O. The van der Waals surface area contributed by atoms with Crippen molar-refractivity contribution in [1.29, 1.82) is 0 Å². The van der Waals surface area contributed by atoms with E-state index in [0.29, 0.717) is 47.3 Å². The Morgan fingerprint density at radius 3 is 2.33 bits per heavy atom. The van der Waals surface area contributed by atoms with Crippen LogP contribution in [0.15, 0.2) is 52.7 Å². The molecule has 8 nitrogen and oxygen atoms in total. The quantitative estimate of drug-likeness (QED) is 0.172. The van der Waals surface area contributed by atoms with Crippen molar-refractivity contribution in [2.24, 2.45) is 11.3 Å². The number of allylic oxidation sites excluding steroid dienone is 5. The summed E-state index contributed by atoms with van der Waals surface area (Å²) in [6.45, 7) is 17.7. The van der Waals surface area contributed by atoms with Crippen LogP contribution in [-0.4, -0.2) is 52.2 Å². The lowest BCUT2D eigenvalue weighted by Gasteiger charge is -2.59. The number of hydrogen-bond donors (Lipinski definition) is 1. The number of phenolic OH excluding ortho intramolecular Hbond substituents is 1. The molecule has 3 heterocycles. The first-order valence-corrected chi connectivity index (χ1v) is 16.9. The van der Waals surface area contributed by atoms with Crippen LogP contribution in [0.3, 0.4) is 0 Å². The number of esters is 1. The lowest BCUT2D eigenvalue weighted by Crippen LogP contribution is -2.72. The minimum atomic E-state index is -1.61. The highest BCUT2D eigenvalue weighted by Gasteiger charge is 2.86. The standard InChI is InChI=1S/C40H48O8/c1-22(2)12-11-17-37(8)18-16-25-30(41)29-31(42)27-20-28-34(43)39(19-15-24(5)35(44)45-10)40(27,38(28,9)21-36(6,7)48-39)47-33(29)26(32(25)46-37)14-13-23(3)4/h12-13,15-16,18,20,28,41H,11,14,17,19,21H2,1-10H3/b24-15-/t28?,37?,38-,39?,40?/m1/s1. The zero-order chi connectivity index (χ0) is 35.2. The summed E-state index contributed by atoms with van der Waals surface area (Å²) in [5, 5.41) is 11.8. The number of phenols is 1. The monoisotopic (exact) mass is 656 g/mol. The normalized spacial score (nSPS) is 31.9. The zero-order valence-corrected chi connectivity index (χ0v) is 29.9. The van der Waals surface area contributed by atoms with Gasteiger partial charge in [0.2, 0.25) is 0 Å². The average molecular weight is 657 g/mol. The van der Waals surface area contributed by atoms with Gasteiger partial charge in [-0.2, -0.15) is 0 Å². The molecule has 1 saturated heterocycles. The van der Waals surface area contributed by atoms with E-state index >= 15 is 0 Å². The first kappa shape index (κ1) is 34.0. The van der Waals surface area contributed by atoms with Crippen LogP contribution >= 0.6 is 0 Å². The Hall–Kier alpha value is -3.91. The molecule has 6 rings (SSSR count). The molecule has 0 amide bonds. The summed E-state index contributed by atoms with van der Waals surface area (Å²) in [6, 6.07) is 0. The summed E-state index contributed by atoms with van der Waals surface area (Å²) >= 11 is 0. The van der Waals surface area contributed by atoms with E-state index in [-0.39, 0.29) is 35.0 Å². The van der Waals surface area contributed by atoms with Gasteiger partial charge in [-0.05, 0) is 93.2 Å². The number of Topliss-reactive ketones (excluding diaryl/α,β-unsaturated/α-hetero) is 2. The fourth-order valence-corrected chi connectivity index (χ4v) is 8.98. The number of carbonyl (C=O) groups is 3. The van der Waals surface area contributed by atoms with Gasteiger partial charge in [-0.15, -0.1) is 0 Å². The molecule has 1 spiro atoms. The predicted octanol–water partition coefficient (Wildman–Crippen LogP) is 7.72.